The van der Waals surface area contributed by atoms with Gasteiger partial charge in [-0.2, -0.15) is 0 Å². The average molecular weight is 535 g/mol. The van der Waals surface area contributed by atoms with E-state index in [1.165, 1.54) is 40.5 Å². The van der Waals surface area contributed by atoms with Crippen molar-refractivity contribution in [3.8, 4) is 10.7 Å². The van der Waals surface area contributed by atoms with E-state index in [9.17, 15) is 19.1 Å². The maximum atomic E-state index is 13.2. The second-order valence-corrected chi connectivity index (χ2v) is 9.73. The predicted molar refractivity (Wildman–Crippen MR) is 124 cm³/mol. The second kappa shape index (κ2) is 9.12. The van der Waals surface area contributed by atoms with Crippen molar-refractivity contribution in [2.75, 3.05) is 18.4 Å². The van der Waals surface area contributed by atoms with Crippen molar-refractivity contribution in [3.05, 3.63) is 57.4 Å². The Morgan fingerprint density at radius 2 is 1.97 bits per heavy atom. The van der Waals surface area contributed by atoms with Gasteiger partial charge in [0, 0.05) is 25.5 Å². The summed E-state index contributed by atoms with van der Waals surface area (Å²) in [5.41, 5.74) is 0.167. The van der Waals surface area contributed by atoms with Gasteiger partial charge in [-0.1, -0.05) is 12.1 Å². The number of aliphatic hydroxyl groups excluding tert-OH is 1. The molecule has 0 spiro atoms. The number of aromatic nitrogens is 3. The van der Waals surface area contributed by atoms with Crippen LogP contribution in [0.4, 0.5) is 15.1 Å². The molecule has 3 N–H and O–H groups in total. The number of imide groups is 1. The second-order valence-electron chi connectivity index (χ2n) is 7.81. The first-order valence-electron chi connectivity index (χ1n) is 9.96. The number of nitrogens with one attached hydrogen (secondary N) is 2. The van der Waals surface area contributed by atoms with Gasteiger partial charge in [0.1, 0.15) is 28.2 Å². The molecule has 33 heavy (non-hydrogen) atoms. The average Bonchev–Trinajstić information content (AvgIpc) is 3.33. The Morgan fingerprint density at radius 1 is 1.24 bits per heavy atom. The molecular formula is C21H20BrFN6O3S. The Morgan fingerprint density at radius 3 is 2.64 bits per heavy atom. The summed E-state index contributed by atoms with van der Waals surface area (Å²) in [6.07, 6.45) is 2.20. The molecule has 3 heterocycles. The first-order chi connectivity index (χ1) is 15.7. The van der Waals surface area contributed by atoms with Crippen molar-refractivity contribution >= 4 is 45.2 Å². The summed E-state index contributed by atoms with van der Waals surface area (Å²) in [5, 5.41) is 16.5. The number of benzene rings is 1. The summed E-state index contributed by atoms with van der Waals surface area (Å²) in [4.78, 5) is 39.0. The highest BCUT2D eigenvalue weighted by atomic mass is 79.9. The Hall–Kier alpha value is -2.96. The van der Waals surface area contributed by atoms with E-state index in [1.54, 1.807) is 26.2 Å². The number of carbonyl (C=O) groups is 2. The van der Waals surface area contributed by atoms with Crippen LogP contribution in [0.25, 0.3) is 10.7 Å². The molecule has 1 fully saturated rings. The molecule has 2 aromatic heterocycles. The van der Waals surface area contributed by atoms with E-state index in [1.807, 2.05) is 0 Å². The van der Waals surface area contributed by atoms with Gasteiger partial charge < -0.3 is 15.3 Å². The molecule has 3 aromatic rings. The van der Waals surface area contributed by atoms with Crippen molar-refractivity contribution in [1.82, 2.24) is 25.2 Å². The number of rotatable bonds is 7. The van der Waals surface area contributed by atoms with Crippen molar-refractivity contribution < 1.29 is 19.1 Å². The molecule has 1 saturated heterocycles. The fourth-order valence-electron chi connectivity index (χ4n) is 3.29. The Kier molecular flexibility index (Phi) is 6.41. The standard InChI is InChI=1S/C21H20BrFN6O3S/c1-21(2)18(31)28-20(32)29(21)8-7-24-19-26-9-13(22)15(27-19)17-25-10-14(33-17)16(30)11-3-5-12(23)6-4-11/h3-6,9-10,16,30H,7-8H2,1-2H3,(H,24,26,27)(H,28,31,32). The summed E-state index contributed by atoms with van der Waals surface area (Å²) in [7, 11) is 0. The normalized spacial score (nSPS) is 16.1. The van der Waals surface area contributed by atoms with E-state index < -0.39 is 17.7 Å². The van der Waals surface area contributed by atoms with Crippen LogP contribution in [0.15, 0.2) is 41.1 Å². The number of aliphatic hydroxyl groups is 1. The Balaban J connectivity index is 1.46. The van der Waals surface area contributed by atoms with Crippen LogP contribution in [0.5, 0.6) is 0 Å². The van der Waals surface area contributed by atoms with Gasteiger partial charge in [0.25, 0.3) is 5.91 Å². The van der Waals surface area contributed by atoms with Crippen LogP contribution in [0, 0.1) is 5.82 Å². The lowest BCUT2D eigenvalue weighted by Gasteiger charge is -2.27. The fraction of sp³-hybridized carbons (Fsp3) is 0.286. The van der Waals surface area contributed by atoms with Crippen molar-refractivity contribution in [2.24, 2.45) is 0 Å². The molecule has 1 unspecified atom stereocenters. The lowest BCUT2D eigenvalue weighted by molar-refractivity contribution is -0.125. The Labute approximate surface area is 201 Å². The summed E-state index contributed by atoms with van der Waals surface area (Å²) >= 11 is 4.69. The van der Waals surface area contributed by atoms with Gasteiger partial charge in [0.15, 0.2) is 0 Å². The zero-order chi connectivity index (χ0) is 23.8. The molecule has 1 aliphatic heterocycles. The number of anilines is 1. The van der Waals surface area contributed by atoms with E-state index >= 15 is 0 Å². The molecule has 0 aliphatic carbocycles. The topological polar surface area (TPSA) is 120 Å². The maximum absolute atomic E-state index is 13.2. The molecule has 1 aromatic carbocycles. The van der Waals surface area contributed by atoms with Gasteiger partial charge in [0.2, 0.25) is 5.95 Å². The van der Waals surface area contributed by atoms with Crippen molar-refractivity contribution in [2.45, 2.75) is 25.5 Å². The quantitative estimate of drug-likeness (QED) is 0.397. The molecule has 3 amide bonds. The third-order valence-electron chi connectivity index (χ3n) is 5.24. The van der Waals surface area contributed by atoms with Crippen LogP contribution in [-0.2, 0) is 4.79 Å². The summed E-state index contributed by atoms with van der Waals surface area (Å²) < 4.78 is 13.8. The smallest absolute Gasteiger partial charge is 0.325 e. The number of urea groups is 1. The lowest BCUT2D eigenvalue weighted by atomic mass is 10.0. The molecule has 0 bridgehead atoms. The highest BCUT2D eigenvalue weighted by Crippen LogP contribution is 2.34. The third kappa shape index (κ3) is 4.72. The maximum Gasteiger partial charge on any atom is 0.325 e. The summed E-state index contributed by atoms with van der Waals surface area (Å²) in [5.74, 6) is -0.383. The van der Waals surface area contributed by atoms with E-state index in [4.69, 9.17) is 0 Å². The van der Waals surface area contributed by atoms with Crippen LogP contribution in [0.1, 0.15) is 30.4 Å². The number of hydrogen-bond donors (Lipinski definition) is 3. The Bertz CT molecular complexity index is 1200. The number of thiazole rings is 1. The number of halogens is 2. The minimum Gasteiger partial charge on any atom is -0.383 e. The van der Waals surface area contributed by atoms with Crippen LogP contribution in [-0.4, -0.2) is 55.5 Å². The van der Waals surface area contributed by atoms with Crippen LogP contribution in [0.3, 0.4) is 0 Å². The van der Waals surface area contributed by atoms with Gasteiger partial charge in [-0.05, 0) is 47.5 Å². The minimum atomic E-state index is -0.937. The molecular weight excluding hydrogens is 515 g/mol. The lowest BCUT2D eigenvalue weighted by Crippen LogP contribution is -2.46. The largest absolute Gasteiger partial charge is 0.383 e. The van der Waals surface area contributed by atoms with E-state index in [2.05, 4.69) is 41.5 Å². The summed E-state index contributed by atoms with van der Waals surface area (Å²) in [6.45, 7) is 3.98. The van der Waals surface area contributed by atoms with Gasteiger partial charge in [-0.3, -0.25) is 10.1 Å². The van der Waals surface area contributed by atoms with Gasteiger partial charge in [-0.15, -0.1) is 11.3 Å². The third-order valence-corrected chi connectivity index (χ3v) is 6.88. The number of carbonyl (C=O) groups excluding carboxylic acids is 2. The molecule has 0 radical (unpaired) electrons. The highest BCUT2D eigenvalue weighted by molar-refractivity contribution is 9.10. The molecule has 4 rings (SSSR count). The molecule has 9 nitrogen and oxygen atoms in total. The predicted octanol–water partition coefficient (Wildman–Crippen LogP) is 3.33. The molecule has 12 heteroatoms. The zero-order valence-corrected chi connectivity index (χ0v) is 20.1. The SMILES string of the molecule is CC1(C)C(=O)NC(=O)N1CCNc1ncc(Br)c(-c2ncc(C(O)c3ccc(F)cc3)s2)n1. The van der Waals surface area contributed by atoms with Gasteiger partial charge in [0.05, 0.1) is 9.35 Å². The number of hydrogen-bond acceptors (Lipinski definition) is 8. The van der Waals surface area contributed by atoms with Gasteiger partial charge >= 0.3 is 6.03 Å². The first-order valence-corrected chi connectivity index (χ1v) is 11.6. The van der Waals surface area contributed by atoms with Crippen molar-refractivity contribution in [3.63, 3.8) is 0 Å². The van der Waals surface area contributed by atoms with Crippen molar-refractivity contribution in [1.29, 1.82) is 0 Å². The van der Waals surface area contributed by atoms with E-state index in [0.29, 0.717) is 38.1 Å². The molecule has 0 saturated carbocycles. The molecule has 172 valence electrons. The summed E-state index contributed by atoms with van der Waals surface area (Å²) in [6, 6.07) is 5.21. The van der Waals surface area contributed by atoms with Crippen LogP contribution >= 0.6 is 27.3 Å². The molecule has 1 atom stereocenters. The zero-order valence-electron chi connectivity index (χ0n) is 17.7. The van der Waals surface area contributed by atoms with E-state index in [-0.39, 0.29) is 18.3 Å². The fourth-order valence-corrected chi connectivity index (χ4v) is 4.73. The highest BCUT2D eigenvalue weighted by Gasteiger charge is 2.45. The monoisotopic (exact) mass is 534 g/mol. The van der Waals surface area contributed by atoms with Crippen LogP contribution in [0.2, 0.25) is 0 Å². The number of nitrogens with zero attached hydrogens (tertiary/aromatic N) is 4. The minimum absolute atomic E-state index is 0.282. The first kappa shape index (κ1) is 23.2. The van der Waals surface area contributed by atoms with E-state index in [0.717, 1.165) is 0 Å². The number of amides is 3. The van der Waals surface area contributed by atoms with Gasteiger partial charge in [-0.25, -0.2) is 24.1 Å². The molecule has 1 aliphatic rings. The van der Waals surface area contributed by atoms with Crippen LogP contribution < -0.4 is 10.6 Å².